The van der Waals surface area contributed by atoms with E-state index in [2.05, 4.69) is 0 Å². The lowest BCUT2D eigenvalue weighted by atomic mass is 10.2. The predicted molar refractivity (Wildman–Crippen MR) is 71.9 cm³/mol. The zero-order valence-electron chi connectivity index (χ0n) is 11.2. The number of hydrogen-bond acceptors (Lipinski definition) is 5. The maximum absolute atomic E-state index is 13.1. The monoisotopic (exact) mass is 325 g/mol. The van der Waals surface area contributed by atoms with Crippen molar-refractivity contribution in [2.75, 3.05) is 7.11 Å². The van der Waals surface area contributed by atoms with E-state index < -0.39 is 26.6 Å². The van der Waals surface area contributed by atoms with Crippen LogP contribution in [0.1, 0.15) is 5.56 Å². The Labute approximate surface area is 125 Å². The molecule has 0 aliphatic carbocycles. The lowest BCUT2D eigenvalue weighted by Crippen LogP contribution is -2.11. The predicted octanol–water partition coefficient (Wildman–Crippen LogP) is 2.61. The molecule has 2 aromatic rings. The number of halogens is 2. The van der Waals surface area contributed by atoms with E-state index in [1.165, 1.54) is 25.3 Å². The average molecular weight is 325 g/mol. The van der Waals surface area contributed by atoms with E-state index in [0.29, 0.717) is 18.2 Å². The van der Waals surface area contributed by atoms with Gasteiger partial charge in [0.2, 0.25) is 0 Å². The van der Waals surface area contributed by atoms with Crippen molar-refractivity contribution in [3.05, 3.63) is 53.6 Å². The number of nitrogens with zero attached hydrogens (tertiary/aromatic N) is 1. The molecule has 0 saturated carbocycles. The van der Waals surface area contributed by atoms with Crippen molar-refractivity contribution >= 4 is 10.1 Å². The maximum Gasteiger partial charge on any atom is 0.339 e. The number of rotatable bonds is 4. The summed E-state index contributed by atoms with van der Waals surface area (Å²) >= 11 is 0. The molecule has 0 atom stereocenters. The van der Waals surface area contributed by atoms with E-state index in [1.54, 1.807) is 0 Å². The average Bonchev–Trinajstić information content (AvgIpc) is 2.46. The third kappa shape index (κ3) is 3.32. The second-order valence-electron chi connectivity index (χ2n) is 4.12. The second-order valence-corrected chi connectivity index (χ2v) is 5.67. The van der Waals surface area contributed by atoms with Crippen LogP contribution < -0.4 is 8.92 Å². The van der Waals surface area contributed by atoms with Crippen LogP contribution in [0.15, 0.2) is 41.3 Å². The molecule has 0 radical (unpaired) electrons. The molecule has 2 rings (SSSR count). The van der Waals surface area contributed by atoms with Gasteiger partial charge in [-0.2, -0.15) is 13.7 Å². The van der Waals surface area contributed by atoms with Crippen molar-refractivity contribution in [2.45, 2.75) is 4.90 Å². The molecule has 0 aromatic heterocycles. The third-order valence-corrected chi connectivity index (χ3v) is 3.83. The van der Waals surface area contributed by atoms with Crippen molar-refractivity contribution in [3.8, 4) is 17.6 Å². The van der Waals surface area contributed by atoms with Gasteiger partial charge in [0.25, 0.3) is 0 Å². The van der Waals surface area contributed by atoms with Crippen molar-refractivity contribution < 1.29 is 26.1 Å². The third-order valence-electron chi connectivity index (χ3n) is 2.62. The van der Waals surface area contributed by atoms with E-state index in [0.717, 1.165) is 0 Å². The van der Waals surface area contributed by atoms with Crippen LogP contribution in [0.5, 0.6) is 11.5 Å². The number of hydrogen-bond donors (Lipinski definition) is 0. The maximum atomic E-state index is 13.1. The minimum atomic E-state index is -4.45. The zero-order valence-corrected chi connectivity index (χ0v) is 12.0. The van der Waals surface area contributed by atoms with Crippen molar-refractivity contribution in [2.24, 2.45) is 0 Å². The number of benzene rings is 2. The summed E-state index contributed by atoms with van der Waals surface area (Å²) in [6.07, 6.45) is 0. The van der Waals surface area contributed by atoms with Gasteiger partial charge >= 0.3 is 10.1 Å². The summed E-state index contributed by atoms with van der Waals surface area (Å²) in [6, 6.07) is 7.47. The molecule has 0 spiro atoms. The SMILES string of the molecule is COc1cc(C#N)ccc1OS(=O)(=O)c1cc(F)cc(F)c1. The van der Waals surface area contributed by atoms with Gasteiger partial charge in [0.05, 0.1) is 18.7 Å². The van der Waals surface area contributed by atoms with E-state index in [1.807, 2.05) is 6.07 Å². The lowest BCUT2D eigenvalue weighted by molar-refractivity contribution is 0.390. The first-order valence-corrected chi connectivity index (χ1v) is 7.25. The zero-order chi connectivity index (χ0) is 16.3. The Hall–Kier alpha value is -2.66. The Balaban J connectivity index is 2.43. The van der Waals surface area contributed by atoms with Crippen LogP contribution in [0.2, 0.25) is 0 Å². The van der Waals surface area contributed by atoms with Crippen LogP contribution in [0.4, 0.5) is 8.78 Å². The standard InChI is InChI=1S/C14H9F2NO4S/c1-20-14-4-9(8-17)2-3-13(14)21-22(18,19)12-6-10(15)5-11(16)7-12/h2-7H,1H3. The molecule has 0 fully saturated rings. The van der Waals surface area contributed by atoms with E-state index in [9.17, 15) is 17.2 Å². The molecular weight excluding hydrogens is 316 g/mol. The van der Waals surface area contributed by atoms with Crippen LogP contribution in [0.25, 0.3) is 0 Å². The fraction of sp³-hybridized carbons (Fsp3) is 0.0714. The molecule has 114 valence electrons. The summed E-state index contributed by atoms with van der Waals surface area (Å²) in [4.78, 5) is -0.670. The molecule has 0 aliphatic heterocycles. The van der Waals surface area contributed by atoms with Gasteiger partial charge in [-0.3, -0.25) is 0 Å². The summed E-state index contributed by atoms with van der Waals surface area (Å²) in [5.74, 6) is -2.30. The first-order valence-electron chi connectivity index (χ1n) is 5.84. The summed E-state index contributed by atoms with van der Waals surface area (Å²) in [7, 11) is -3.19. The molecular formula is C14H9F2NO4S. The molecule has 0 unspecified atom stereocenters. The quantitative estimate of drug-likeness (QED) is 0.808. The topological polar surface area (TPSA) is 76.4 Å². The molecule has 0 heterocycles. The molecule has 8 heteroatoms. The minimum absolute atomic E-state index is 0.000463. The molecule has 22 heavy (non-hydrogen) atoms. The first-order chi connectivity index (χ1) is 10.4. The molecule has 0 saturated heterocycles. The van der Waals surface area contributed by atoms with Gasteiger partial charge in [-0.1, -0.05) is 0 Å². The van der Waals surface area contributed by atoms with Gasteiger partial charge in [0.1, 0.15) is 16.5 Å². The van der Waals surface area contributed by atoms with Gasteiger partial charge < -0.3 is 8.92 Å². The van der Waals surface area contributed by atoms with Crippen LogP contribution in [-0.2, 0) is 10.1 Å². The van der Waals surface area contributed by atoms with Crippen LogP contribution in [-0.4, -0.2) is 15.5 Å². The lowest BCUT2D eigenvalue weighted by Gasteiger charge is -2.11. The molecule has 0 bridgehead atoms. The van der Waals surface area contributed by atoms with Crippen LogP contribution >= 0.6 is 0 Å². The van der Waals surface area contributed by atoms with Crippen LogP contribution in [0, 0.1) is 23.0 Å². The van der Waals surface area contributed by atoms with Crippen molar-refractivity contribution in [3.63, 3.8) is 0 Å². The van der Waals surface area contributed by atoms with E-state index in [4.69, 9.17) is 14.2 Å². The number of nitriles is 1. The van der Waals surface area contributed by atoms with Gasteiger partial charge in [0, 0.05) is 12.1 Å². The van der Waals surface area contributed by atoms with Gasteiger partial charge in [-0.15, -0.1) is 0 Å². The van der Waals surface area contributed by atoms with Crippen LogP contribution in [0.3, 0.4) is 0 Å². The highest BCUT2D eigenvalue weighted by atomic mass is 32.2. The molecule has 0 aliphatic rings. The number of methoxy groups -OCH3 is 1. The molecule has 0 amide bonds. The highest BCUT2D eigenvalue weighted by Crippen LogP contribution is 2.30. The highest BCUT2D eigenvalue weighted by Gasteiger charge is 2.21. The summed E-state index contributed by atoms with van der Waals surface area (Å²) < 4.78 is 60.1. The summed E-state index contributed by atoms with van der Waals surface area (Å²) in [5, 5.41) is 8.77. The normalized spacial score (nSPS) is 10.8. The summed E-state index contributed by atoms with van der Waals surface area (Å²) in [6.45, 7) is 0. The van der Waals surface area contributed by atoms with Gasteiger partial charge in [-0.05, 0) is 24.3 Å². The Bertz CT molecular complexity index is 839. The smallest absolute Gasteiger partial charge is 0.339 e. The van der Waals surface area contributed by atoms with Gasteiger partial charge in [0.15, 0.2) is 11.5 Å². The Morgan fingerprint density at radius 2 is 1.68 bits per heavy atom. The Morgan fingerprint density at radius 1 is 1.05 bits per heavy atom. The van der Waals surface area contributed by atoms with Crippen molar-refractivity contribution in [1.29, 1.82) is 5.26 Å². The van der Waals surface area contributed by atoms with E-state index in [-0.39, 0.29) is 17.1 Å². The first kappa shape index (κ1) is 15.7. The highest BCUT2D eigenvalue weighted by molar-refractivity contribution is 7.87. The van der Waals surface area contributed by atoms with Crippen molar-refractivity contribution in [1.82, 2.24) is 0 Å². The summed E-state index contributed by atoms with van der Waals surface area (Å²) in [5.41, 5.74) is 0.235. The van der Waals surface area contributed by atoms with Gasteiger partial charge in [-0.25, -0.2) is 8.78 Å². The largest absolute Gasteiger partial charge is 0.493 e. The fourth-order valence-corrected chi connectivity index (χ4v) is 2.63. The second kappa shape index (κ2) is 5.99. The molecule has 2 aromatic carbocycles. The van der Waals surface area contributed by atoms with E-state index >= 15 is 0 Å². The Morgan fingerprint density at radius 3 is 2.23 bits per heavy atom. The molecule has 0 N–H and O–H groups in total. The fourth-order valence-electron chi connectivity index (χ4n) is 1.65. The Kier molecular flexibility index (Phi) is 4.28. The molecule has 5 nitrogen and oxygen atoms in total. The number of ether oxygens (including phenoxy) is 1. The minimum Gasteiger partial charge on any atom is -0.493 e.